The van der Waals surface area contributed by atoms with Crippen molar-refractivity contribution in [2.24, 2.45) is 0 Å². The highest BCUT2D eigenvalue weighted by Crippen LogP contribution is 2.21. The topological polar surface area (TPSA) is 82.7 Å². The number of urea groups is 1. The second kappa shape index (κ2) is 9.36. The maximum absolute atomic E-state index is 12.1. The number of hydrogen-bond acceptors (Lipinski definition) is 4. The first-order chi connectivity index (χ1) is 13.1. The van der Waals surface area contributed by atoms with Crippen LogP contribution in [0.25, 0.3) is 0 Å². The monoisotopic (exact) mass is 388 g/mol. The van der Waals surface area contributed by atoms with Gasteiger partial charge >= 0.3 is 6.03 Å². The molecule has 1 heterocycles. The van der Waals surface area contributed by atoms with E-state index in [1.54, 1.807) is 48.5 Å². The first-order valence-electron chi connectivity index (χ1n) is 8.63. The highest BCUT2D eigenvalue weighted by atomic mass is 35.5. The lowest BCUT2D eigenvalue weighted by molar-refractivity contribution is -0.118. The molecule has 0 spiro atoms. The van der Waals surface area contributed by atoms with E-state index in [0.717, 1.165) is 13.1 Å². The van der Waals surface area contributed by atoms with Gasteiger partial charge in [-0.25, -0.2) is 4.79 Å². The van der Waals surface area contributed by atoms with Crippen molar-refractivity contribution in [2.45, 2.75) is 0 Å². The van der Waals surface area contributed by atoms with Crippen molar-refractivity contribution >= 4 is 40.6 Å². The first kappa shape index (κ1) is 19.2. The molecule has 0 aliphatic carbocycles. The Morgan fingerprint density at radius 3 is 2.22 bits per heavy atom. The lowest BCUT2D eigenvalue weighted by Crippen LogP contribution is -2.41. The van der Waals surface area contributed by atoms with Gasteiger partial charge in [-0.2, -0.15) is 0 Å². The zero-order chi connectivity index (χ0) is 19.1. The van der Waals surface area contributed by atoms with Crippen molar-refractivity contribution in [2.75, 3.05) is 48.8 Å². The molecule has 1 aliphatic heterocycles. The Bertz CT molecular complexity index is 792. The average molecular weight is 389 g/mol. The molecule has 142 valence electrons. The molecule has 0 radical (unpaired) electrons. The van der Waals surface area contributed by atoms with Gasteiger partial charge in [0.05, 0.1) is 30.5 Å². The third-order valence-corrected chi connectivity index (χ3v) is 4.35. The summed E-state index contributed by atoms with van der Waals surface area (Å²) in [5.41, 5.74) is 1.81. The zero-order valence-electron chi connectivity index (χ0n) is 14.7. The second-order valence-electron chi connectivity index (χ2n) is 6.07. The maximum atomic E-state index is 12.1. The summed E-state index contributed by atoms with van der Waals surface area (Å²) in [5, 5.41) is 8.72. The van der Waals surface area contributed by atoms with E-state index in [-0.39, 0.29) is 5.91 Å². The largest absolute Gasteiger partial charge is 0.379 e. The van der Waals surface area contributed by atoms with Gasteiger partial charge in [-0.15, -0.1) is 0 Å². The SMILES string of the molecule is O=C(CN1CCOCC1)Nc1ccc(NC(=O)Nc2ccccc2Cl)cc1. The molecule has 0 saturated carbocycles. The van der Waals surface area contributed by atoms with E-state index in [2.05, 4.69) is 16.0 Å². The van der Waals surface area contributed by atoms with Gasteiger partial charge in [0.1, 0.15) is 0 Å². The summed E-state index contributed by atoms with van der Waals surface area (Å²) in [6, 6.07) is 13.5. The van der Waals surface area contributed by atoms with Gasteiger partial charge in [0, 0.05) is 24.5 Å². The van der Waals surface area contributed by atoms with Crippen LogP contribution >= 0.6 is 11.6 Å². The fourth-order valence-corrected chi connectivity index (χ4v) is 2.83. The fraction of sp³-hybridized carbons (Fsp3) is 0.263. The molecular formula is C19H21ClN4O3. The number of carbonyl (C=O) groups excluding carboxylic acids is 2. The number of hydrogen-bond donors (Lipinski definition) is 3. The summed E-state index contributed by atoms with van der Waals surface area (Å²) < 4.78 is 5.27. The van der Waals surface area contributed by atoms with E-state index in [4.69, 9.17) is 16.3 Å². The fourth-order valence-electron chi connectivity index (χ4n) is 2.65. The molecule has 0 bridgehead atoms. The maximum Gasteiger partial charge on any atom is 0.323 e. The van der Waals surface area contributed by atoms with E-state index >= 15 is 0 Å². The molecule has 1 fully saturated rings. The highest BCUT2D eigenvalue weighted by molar-refractivity contribution is 6.33. The Balaban J connectivity index is 1.48. The van der Waals surface area contributed by atoms with Crippen LogP contribution in [0.2, 0.25) is 5.02 Å². The van der Waals surface area contributed by atoms with Crippen LogP contribution < -0.4 is 16.0 Å². The van der Waals surface area contributed by atoms with E-state index in [1.807, 2.05) is 4.90 Å². The number of halogens is 1. The van der Waals surface area contributed by atoms with Crippen molar-refractivity contribution in [1.82, 2.24) is 4.90 Å². The van der Waals surface area contributed by atoms with E-state index in [1.165, 1.54) is 0 Å². The molecule has 3 N–H and O–H groups in total. The van der Waals surface area contributed by atoms with Gasteiger partial charge in [-0.1, -0.05) is 23.7 Å². The van der Waals surface area contributed by atoms with Crippen LogP contribution in [0.1, 0.15) is 0 Å². The van der Waals surface area contributed by atoms with Crippen LogP contribution in [-0.2, 0) is 9.53 Å². The van der Waals surface area contributed by atoms with Crippen LogP contribution in [0.3, 0.4) is 0 Å². The van der Waals surface area contributed by atoms with Crippen molar-refractivity contribution in [3.63, 3.8) is 0 Å². The van der Waals surface area contributed by atoms with Crippen molar-refractivity contribution in [3.05, 3.63) is 53.6 Å². The summed E-state index contributed by atoms with van der Waals surface area (Å²) in [6.45, 7) is 3.17. The Hall–Kier alpha value is -2.61. The summed E-state index contributed by atoms with van der Waals surface area (Å²) in [5.74, 6) is -0.0749. The number of rotatable bonds is 5. The Morgan fingerprint density at radius 1 is 0.926 bits per heavy atom. The van der Waals surface area contributed by atoms with Gasteiger partial charge < -0.3 is 20.7 Å². The first-order valence-corrected chi connectivity index (χ1v) is 9.00. The predicted octanol–water partition coefficient (Wildman–Crippen LogP) is 3.25. The average Bonchev–Trinajstić information content (AvgIpc) is 2.66. The van der Waals surface area contributed by atoms with Crippen molar-refractivity contribution in [3.8, 4) is 0 Å². The molecule has 2 aromatic carbocycles. The van der Waals surface area contributed by atoms with Gasteiger partial charge in [-0.3, -0.25) is 9.69 Å². The molecule has 27 heavy (non-hydrogen) atoms. The number of para-hydroxylation sites is 1. The Morgan fingerprint density at radius 2 is 1.56 bits per heavy atom. The molecular weight excluding hydrogens is 368 g/mol. The third kappa shape index (κ3) is 5.96. The normalized spacial score (nSPS) is 14.4. The standard InChI is InChI=1S/C19H21ClN4O3/c20-16-3-1-2-4-17(16)23-19(26)22-15-7-5-14(6-8-15)21-18(25)13-24-9-11-27-12-10-24/h1-8H,9-13H2,(H,21,25)(H2,22,23,26). The quantitative estimate of drug-likeness (QED) is 0.734. The van der Waals surface area contributed by atoms with Gasteiger partial charge in [0.2, 0.25) is 5.91 Å². The number of anilines is 3. The molecule has 8 heteroatoms. The molecule has 7 nitrogen and oxygen atoms in total. The lowest BCUT2D eigenvalue weighted by Gasteiger charge is -2.25. The van der Waals surface area contributed by atoms with E-state index < -0.39 is 6.03 Å². The Kier molecular flexibility index (Phi) is 6.64. The van der Waals surface area contributed by atoms with Gasteiger partial charge in [-0.05, 0) is 36.4 Å². The summed E-state index contributed by atoms with van der Waals surface area (Å²) in [6.07, 6.45) is 0. The number of nitrogens with one attached hydrogen (secondary N) is 3. The predicted molar refractivity (Wildman–Crippen MR) is 106 cm³/mol. The summed E-state index contributed by atoms with van der Waals surface area (Å²) >= 11 is 6.02. The molecule has 1 saturated heterocycles. The Labute approximate surface area is 162 Å². The second-order valence-corrected chi connectivity index (χ2v) is 6.48. The summed E-state index contributed by atoms with van der Waals surface area (Å²) in [4.78, 5) is 26.2. The smallest absolute Gasteiger partial charge is 0.323 e. The van der Waals surface area contributed by atoms with E-state index in [0.29, 0.717) is 41.8 Å². The summed E-state index contributed by atoms with van der Waals surface area (Å²) in [7, 11) is 0. The molecule has 1 aliphatic rings. The van der Waals surface area contributed by atoms with Crippen LogP contribution in [-0.4, -0.2) is 49.7 Å². The van der Waals surface area contributed by atoms with E-state index in [9.17, 15) is 9.59 Å². The molecule has 3 rings (SSSR count). The molecule has 2 aromatic rings. The van der Waals surface area contributed by atoms with Crippen LogP contribution in [0.4, 0.5) is 21.9 Å². The van der Waals surface area contributed by atoms with Crippen LogP contribution in [0.15, 0.2) is 48.5 Å². The lowest BCUT2D eigenvalue weighted by atomic mass is 10.2. The number of nitrogens with zero attached hydrogens (tertiary/aromatic N) is 1. The number of benzene rings is 2. The van der Waals surface area contributed by atoms with Crippen molar-refractivity contribution in [1.29, 1.82) is 0 Å². The zero-order valence-corrected chi connectivity index (χ0v) is 15.5. The minimum Gasteiger partial charge on any atom is -0.379 e. The van der Waals surface area contributed by atoms with Crippen LogP contribution in [0, 0.1) is 0 Å². The number of carbonyl (C=O) groups is 2. The minimum atomic E-state index is -0.396. The molecule has 0 atom stereocenters. The van der Waals surface area contributed by atoms with Gasteiger partial charge in [0.25, 0.3) is 0 Å². The third-order valence-electron chi connectivity index (χ3n) is 4.02. The van der Waals surface area contributed by atoms with Crippen LogP contribution in [0.5, 0.6) is 0 Å². The highest BCUT2D eigenvalue weighted by Gasteiger charge is 2.14. The van der Waals surface area contributed by atoms with Crippen molar-refractivity contribution < 1.29 is 14.3 Å². The minimum absolute atomic E-state index is 0.0749. The number of amides is 3. The number of morpholine rings is 1. The molecule has 3 amide bonds. The van der Waals surface area contributed by atoms with Gasteiger partial charge in [0.15, 0.2) is 0 Å². The number of ether oxygens (including phenoxy) is 1. The molecule has 0 aromatic heterocycles. The molecule has 0 unspecified atom stereocenters.